The fourth-order valence-electron chi connectivity index (χ4n) is 0.628. The van der Waals surface area contributed by atoms with E-state index in [-0.39, 0.29) is 11.7 Å². The quantitative estimate of drug-likeness (QED) is 0.656. The summed E-state index contributed by atoms with van der Waals surface area (Å²) in [5, 5.41) is 14.5. The number of aromatic amines is 1. The minimum absolute atomic E-state index is 0.172. The van der Waals surface area contributed by atoms with Crippen LogP contribution < -0.4 is 0 Å². The Morgan fingerprint density at radius 3 is 2.55 bits per heavy atom. The topological polar surface area (TPSA) is 78.9 Å². The first-order chi connectivity index (χ1) is 5.11. The molecule has 0 spiro atoms. The number of nitrogens with one attached hydrogen (secondary N) is 1. The van der Waals surface area contributed by atoms with Crippen LogP contribution in [0.15, 0.2) is 0 Å². The highest BCUT2D eigenvalue weighted by atomic mass is 16.4. The van der Waals surface area contributed by atoms with E-state index in [0.717, 1.165) is 0 Å². The van der Waals surface area contributed by atoms with Crippen LogP contribution >= 0.6 is 0 Å². The number of rotatable bonds is 2. The molecule has 0 aromatic carbocycles. The highest BCUT2D eigenvalue weighted by Crippen LogP contribution is 2.06. The Morgan fingerprint density at radius 1 is 1.64 bits per heavy atom. The van der Waals surface area contributed by atoms with Crippen LogP contribution in [0.2, 0.25) is 0 Å². The van der Waals surface area contributed by atoms with Crippen LogP contribution in [-0.2, 0) is 0 Å². The van der Waals surface area contributed by atoms with Gasteiger partial charge in [-0.2, -0.15) is 0 Å². The molecule has 0 aliphatic rings. The van der Waals surface area contributed by atoms with Crippen LogP contribution in [0.25, 0.3) is 0 Å². The van der Waals surface area contributed by atoms with Gasteiger partial charge in [0.1, 0.15) is 5.82 Å². The summed E-state index contributed by atoms with van der Waals surface area (Å²) >= 11 is 0. The zero-order valence-corrected chi connectivity index (χ0v) is 6.33. The molecule has 0 radical (unpaired) electrons. The van der Waals surface area contributed by atoms with E-state index >= 15 is 0 Å². The predicted octanol–water partition coefficient (Wildman–Crippen LogP) is 0.626. The summed E-state index contributed by atoms with van der Waals surface area (Å²) in [4.78, 5) is 14.0. The lowest BCUT2D eigenvalue weighted by atomic mass is 10.2. The molecule has 5 nitrogen and oxygen atoms in total. The smallest absolute Gasteiger partial charge is 0.375 e. The number of aromatic nitrogens is 3. The highest BCUT2D eigenvalue weighted by Gasteiger charge is 2.11. The fraction of sp³-hybridized carbons (Fsp3) is 0.500. The number of hydrogen-bond acceptors (Lipinski definition) is 3. The Kier molecular flexibility index (Phi) is 1.89. The summed E-state index contributed by atoms with van der Waals surface area (Å²) in [5.41, 5.74) is 0. The van der Waals surface area contributed by atoms with Crippen LogP contribution in [-0.4, -0.2) is 26.3 Å². The number of carbonyl (C=O) groups is 1. The normalized spacial score (nSPS) is 10.5. The number of carboxylic acid groups (broad SMARTS) is 1. The van der Waals surface area contributed by atoms with Crippen LogP contribution in [0.1, 0.15) is 36.2 Å². The van der Waals surface area contributed by atoms with Gasteiger partial charge in [0.15, 0.2) is 0 Å². The fourth-order valence-corrected chi connectivity index (χ4v) is 0.628. The van der Waals surface area contributed by atoms with Gasteiger partial charge in [0.2, 0.25) is 0 Å². The molecule has 1 heterocycles. The summed E-state index contributed by atoms with van der Waals surface area (Å²) in [6.45, 7) is 3.82. The summed E-state index contributed by atoms with van der Waals surface area (Å²) in [6.07, 6.45) is 0. The van der Waals surface area contributed by atoms with Gasteiger partial charge in [-0.05, 0) is 0 Å². The third kappa shape index (κ3) is 1.54. The monoisotopic (exact) mass is 155 g/mol. The summed E-state index contributed by atoms with van der Waals surface area (Å²) in [7, 11) is 0. The molecule has 1 aromatic heterocycles. The van der Waals surface area contributed by atoms with Gasteiger partial charge in [0, 0.05) is 5.92 Å². The Hall–Kier alpha value is -1.39. The maximum Gasteiger partial charge on any atom is 0.375 e. The molecule has 0 atom stereocenters. The molecule has 0 fully saturated rings. The molecule has 0 saturated heterocycles. The first kappa shape index (κ1) is 7.71. The van der Waals surface area contributed by atoms with Gasteiger partial charge in [-0.15, -0.1) is 5.10 Å². The second-order valence-corrected chi connectivity index (χ2v) is 2.50. The highest BCUT2D eigenvalue weighted by molar-refractivity contribution is 5.82. The van der Waals surface area contributed by atoms with E-state index in [4.69, 9.17) is 5.11 Å². The second kappa shape index (κ2) is 2.69. The van der Waals surface area contributed by atoms with Crippen molar-refractivity contribution >= 4 is 5.97 Å². The van der Waals surface area contributed by atoms with Crippen molar-refractivity contribution in [1.29, 1.82) is 0 Å². The summed E-state index contributed by atoms with van der Waals surface area (Å²) in [6, 6.07) is 0. The predicted molar refractivity (Wildman–Crippen MR) is 37.4 cm³/mol. The Bertz CT molecular complexity index is 267. The van der Waals surface area contributed by atoms with E-state index in [0.29, 0.717) is 5.82 Å². The number of nitrogens with zero attached hydrogens (tertiary/aromatic N) is 2. The van der Waals surface area contributed by atoms with Crippen molar-refractivity contribution in [3.05, 3.63) is 11.6 Å². The number of aromatic carboxylic acids is 1. The molecule has 0 saturated carbocycles. The lowest BCUT2D eigenvalue weighted by Gasteiger charge is -1.94. The molecule has 0 unspecified atom stereocenters. The molecule has 1 rings (SSSR count). The van der Waals surface area contributed by atoms with E-state index < -0.39 is 5.97 Å². The van der Waals surface area contributed by atoms with Crippen LogP contribution in [0.3, 0.4) is 0 Å². The van der Waals surface area contributed by atoms with Crippen LogP contribution in [0.5, 0.6) is 0 Å². The molecular formula is C6H9N3O2. The zero-order chi connectivity index (χ0) is 8.43. The molecule has 1 aromatic rings. The van der Waals surface area contributed by atoms with E-state index in [1.807, 2.05) is 13.8 Å². The van der Waals surface area contributed by atoms with Gasteiger partial charge in [-0.1, -0.05) is 13.8 Å². The SMILES string of the molecule is CC(C)c1nc(C(=O)O)n[nH]1. The zero-order valence-electron chi connectivity index (χ0n) is 6.33. The average Bonchev–Trinajstić information content (AvgIpc) is 2.33. The van der Waals surface area contributed by atoms with Crippen molar-refractivity contribution < 1.29 is 9.90 Å². The molecule has 2 N–H and O–H groups in total. The number of carboxylic acids is 1. The van der Waals surface area contributed by atoms with Gasteiger partial charge in [-0.25, -0.2) is 9.78 Å². The standard InChI is InChI=1S/C6H9N3O2/c1-3(2)4-7-5(6(10)11)9-8-4/h3H,1-2H3,(H,10,11)(H,7,8,9). The van der Waals surface area contributed by atoms with Crippen molar-refractivity contribution in [2.45, 2.75) is 19.8 Å². The van der Waals surface area contributed by atoms with Gasteiger partial charge in [-0.3, -0.25) is 5.10 Å². The Balaban J connectivity index is 2.90. The van der Waals surface area contributed by atoms with Gasteiger partial charge in [0.25, 0.3) is 5.82 Å². The molecule has 0 aliphatic carbocycles. The third-order valence-corrected chi connectivity index (χ3v) is 1.24. The molecule has 11 heavy (non-hydrogen) atoms. The lowest BCUT2D eigenvalue weighted by Crippen LogP contribution is -1.99. The number of hydrogen-bond donors (Lipinski definition) is 2. The second-order valence-electron chi connectivity index (χ2n) is 2.50. The molecule has 60 valence electrons. The Labute approximate surface area is 63.5 Å². The Morgan fingerprint density at radius 2 is 2.27 bits per heavy atom. The lowest BCUT2D eigenvalue weighted by molar-refractivity contribution is 0.0684. The van der Waals surface area contributed by atoms with Crippen molar-refractivity contribution in [2.75, 3.05) is 0 Å². The maximum absolute atomic E-state index is 10.3. The molecule has 0 amide bonds. The van der Waals surface area contributed by atoms with Gasteiger partial charge < -0.3 is 5.11 Å². The first-order valence-corrected chi connectivity index (χ1v) is 3.27. The van der Waals surface area contributed by atoms with Crippen molar-refractivity contribution in [1.82, 2.24) is 15.2 Å². The largest absolute Gasteiger partial charge is 0.475 e. The van der Waals surface area contributed by atoms with Crippen LogP contribution in [0, 0.1) is 0 Å². The summed E-state index contributed by atoms with van der Waals surface area (Å²) < 4.78 is 0. The summed E-state index contributed by atoms with van der Waals surface area (Å²) in [5.74, 6) is -0.500. The van der Waals surface area contributed by atoms with Crippen LogP contribution in [0.4, 0.5) is 0 Å². The maximum atomic E-state index is 10.3. The first-order valence-electron chi connectivity index (χ1n) is 3.27. The molecule has 0 bridgehead atoms. The minimum atomic E-state index is -1.10. The molecule has 0 aliphatic heterocycles. The van der Waals surface area contributed by atoms with Gasteiger partial charge in [0.05, 0.1) is 0 Å². The van der Waals surface area contributed by atoms with Crippen molar-refractivity contribution in [2.24, 2.45) is 0 Å². The average molecular weight is 155 g/mol. The van der Waals surface area contributed by atoms with E-state index in [1.54, 1.807) is 0 Å². The van der Waals surface area contributed by atoms with Gasteiger partial charge >= 0.3 is 5.97 Å². The van der Waals surface area contributed by atoms with Crippen molar-refractivity contribution in [3.8, 4) is 0 Å². The molecule has 5 heteroatoms. The van der Waals surface area contributed by atoms with E-state index in [1.165, 1.54) is 0 Å². The number of H-pyrrole nitrogens is 1. The molecular weight excluding hydrogens is 146 g/mol. The van der Waals surface area contributed by atoms with Crippen molar-refractivity contribution in [3.63, 3.8) is 0 Å². The third-order valence-electron chi connectivity index (χ3n) is 1.24. The minimum Gasteiger partial charge on any atom is -0.475 e. The van der Waals surface area contributed by atoms with E-state index in [2.05, 4.69) is 15.2 Å². The van der Waals surface area contributed by atoms with E-state index in [9.17, 15) is 4.79 Å².